The number of hydrogen-bond donors (Lipinski definition) is 3. The van der Waals surface area contributed by atoms with Crippen molar-refractivity contribution in [2.24, 2.45) is 0 Å². The van der Waals surface area contributed by atoms with Crippen molar-refractivity contribution in [2.75, 3.05) is 5.32 Å². The minimum Gasteiger partial charge on any atom is -0.326 e. The van der Waals surface area contributed by atoms with E-state index in [-0.39, 0.29) is 22.1 Å². The Morgan fingerprint density at radius 3 is 2.33 bits per heavy atom. The molecule has 0 aromatic heterocycles. The number of anilines is 1. The van der Waals surface area contributed by atoms with E-state index in [1.54, 1.807) is 24.3 Å². The third-order valence-corrected chi connectivity index (χ3v) is 3.47. The maximum atomic E-state index is 12.1. The molecule has 2 aromatic rings. The molecule has 24 heavy (non-hydrogen) atoms. The molecule has 0 aliphatic rings. The number of carbonyl (C=O) groups excluding carboxylic acids is 3. The van der Waals surface area contributed by atoms with Gasteiger partial charge in [-0.05, 0) is 36.4 Å². The van der Waals surface area contributed by atoms with Gasteiger partial charge in [-0.25, -0.2) is 0 Å². The zero-order valence-corrected chi connectivity index (χ0v) is 14.0. The van der Waals surface area contributed by atoms with Crippen molar-refractivity contribution in [1.29, 1.82) is 0 Å². The molecule has 0 saturated carbocycles. The fourth-order valence-corrected chi connectivity index (χ4v) is 2.24. The molecule has 0 bridgehead atoms. The van der Waals surface area contributed by atoms with Crippen LogP contribution in [0.15, 0.2) is 42.5 Å². The fraction of sp³-hybridized carbons (Fsp3) is 0.0625. The summed E-state index contributed by atoms with van der Waals surface area (Å²) in [6, 6.07) is 10.7. The van der Waals surface area contributed by atoms with E-state index in [9.17, 15) is 14.4 Å². The number of nitrogens with one attached hydrogen (secondary N) is 3. The first-order chi connectivity index (χ1) is 11.4. The van der Waals surface area contributed by atoms with E-state index >= 15 is 0 Å². The van der Waals surface area contributed by atoms with Crippen molar-refractivity contribution in [3.8, 4) is 0 Å². The SMILES string of the molecule is CC(=O)Nc1cccc(C(=O)NNC(=O)c2cc(Cl)ccc2Cl)c1. The van der Waals surface area contributed by atoms with Crippen molar-refractivity contribution in [2.45, 2.75) is 6.92 Å². The second-order valence-electron chi connectivity index (χ2n) is 4.79. The molecule has 6 nitrogen and oxygen atoms in total. The minimum atomic E-state index is -0.603. The van der Waals surface area contributed by atoms with E-state index in [1.807, 2.05) is 0 Å². The lowest BCUT2D eigenvalue weighted by atomic mass is 10.2. The monoisotopic (exact) mass is 365 g/mol. The summed E-state index contributed by atoms with van der Waals surface area (Å²) >= 11 is 11.7. The van der Waals surface area contributed by atoms with E-state index in [2.05, 4.69) is 16.2 Å². The van der Waals surface area contributed by atoms with Crippen LogP contribution in [0.2, 0.25) is 10.0 Å². The van der Waals surface area contributed by atoms with Crippen LogP contribution >= 0.6 is 23.2 Å². The van der Waals surface area contributed by atoms with Crippen LogP contribution in [0.4, 0.5) is 5.69 Å². The van der Waals surface area contributed by atoms with E-state index in [1.165, 1.54) is 25.1 Å². The van der Waals surface area contributed by atoms with Gasteiger partial charge in [0, 0.05) is 23.2 Å². The maximum Gasteiger partial charge on any atom is 0.271 e. The summed E-state index contributed by atoms with van der Waals surface area (Å²) in [5, 5.41) is 3.12. The summed E-state index contributed by atoms with van der Waals surface area (Å²) in [4.78, 5) is 35.1. The number of hydrazine groups is 1. The third kappa shape index (κ3) is 4.71. The van der Waals surface area contributed by atoms with Gasteiger partial charge in [0.1, 0.15) is 0 Å². The van der Waals surface area contributed by atoms with Crippen LogP contribution in [-0.4, -0.2) is 17.7 Å². The predicted molar refractivity (Wildman–Crippen MR) is 92.1 cm³/mol. The Kier molecular flexibility index (Phi) is 5.78. The first-order valence-corrected chi connectivity index (χ1v) is 7.56. The van der Waals surface area contributed by atoms with Gasteiger partial charge in [0.25, 0.3) is 11.8 Å². The highest BCUT2D eigenvalue weighted by Gasteiger charge is 2.13. The van der Waals surface area contributed by atoms with E-state index in [0.717, 1.165) is 0 Å². The highest BCUT2D eigenvalue weighted by atomic mass is 35.5. The smallest absolute Gasteiger partial charge is 0.271 e. The topological polar surface area (TPSA) is 87.3 Å². The van der Waals surface area contributed by atoms with Crippen LogP contribution in [-0.2, 0) is 4.79 Å². The van der Waals surface area contributed by atoms with Gasteiger partial charge in [-0.15, -0.1) is 0 Å². The van der Waals surface area contributed by atoms with Gasteiger partial charge in [-0.1, -0.05) is 29.3 Å². The van der Waals surface area contributed by atoms with E-state index in [4.69, 9.17) is 23.2 Å². The minimum absolute atomic E-state index is 0.136. The molecule has 0 fully saturated rings. The standard InChI is InChI=1S/C16H13Cl2N3O3/c1-9(22)19-12-4-2-3-10(7-12)15(23)20-21-16(24)13-8-11(17)5-6-14(13)18/h2-8H,1H3,(H,19,22)(H,20,23)(H,21,24). The number of hydrogen-bond acceptors (Lipinski definition) is 3. The van der Waals surface area contributed by atoms with Gasteiger partial charge in [0.05, 0.1) is 10.6 Å². The molecule has 2 rings (SSSR count). The predicted octanol–water partition coefficient (Wildman–Crippen LogP) is 3.03. The Labute approximate surface area is 148 Å². The van der Waals surface area contributed by atoms with E-state index in [0.29, 0.717) is 10.7 Å². The van der Waals surface area contributed by atoms with Crippen LogP contribution in [0.25, 0.3) is 0 Å². The molecule has 0 unspecified atom stereocenters. The second kappa shape index (κ2) is 7.81. The Bertz CT molecular complexity index is 809. The summed E-state index contributed by atoms with van der Waals surface area (Å²) in [6.07, 6.45) is 0. The number of halogens is 2. The highest BCUT2D eigenvalue weighted by molar-refractivity contribution is 6.35. The first-order valence-electron chi connectivity index (χ1n) is 6.80. The van der Waals surface area contributed by atoms with Crippen LogP contribution in [0.5, 0.6) is 0 Å². The van der Waals surface area contributed by atoms with Crippen molar-refractivity contribution in [1.82, 2.24) is 10.9 Å². The van der Waals surface area contributed by atoms with Gasteiger partial charge >= 0.3 is 0 Å². The van der Waals surface area contributed by atoms with Crippen molar-refractivity contribution >= 4 is 46.6 Å². The summed E-state index contributed by atoms with van der Waals surface area (Å²) in [6.45, 7) is 1.36. The van der Waals surface area contributed by atoms with Crippen molar-refractivity contribution in [3.63, 3.8) is 0 Å². The molecule has 3 amide bonds. The number of carbonyl (C=O) groups is 3. The zero-order valence-electron chi connectivity index (χ0n) is 12.5. The highest BCUT2D eigenvalue weighted by Crippen LogP contribution is 2.20. The molecule has 8 heteroatoms. The first kappa shape index (κ1) is 17.8. The molecule has 0 saturated heterocycles. The molecule has 0 spiro atoms. The molecule has 2 aromatic carbocycles. The van der Waals surface area contributed by atoms with Crippen molar-refractivity contribution < 1.29 is 14.4 Å². The van der Waals surface area contributed by atoms with Crippen LogP contribution in [0.1, 0.15) is 27.6 Å². The molecule has 124 valence electrons. The Morgan fingerprint density at radius 1 is 0.917 bits per heavy atom. The fourth-order valence-electron chi connectivity index (χ4n) is 1.87. The average Bonchev–Trinajstić information content (AvgIpc) is 2.54. The summed E-state index contributed by atoms with van der Waals surface area (Å²) in [5.41, 5.74) is 5.40. The lowest BCUT2D eigenvalue weighted by Gasteiger charge is -2.10. The largest absolute Gasteiger partial charge is 0.326 e. The van der Waals surface area contributed by atoms with Crippen LogP contribution in [0.3, 0.4) is 0 Å². The number of benzene rings is 2. The van der Waals surface area contributed by atoms with Crippen LogP contribution < -0.4 is 16.2 Å². The normalized spacial score (nSPS) is 9.96. The van der Waals surface area contributed by atoms with Gasteiger partial charge in [0.15, 0.2) is 0 Å². The lowest BCUT2D eigenvalue weighted by Crippen LogP contribution is -2.41. The lowest BCUT2D eigenvalue weighted by molar-refractivity contribution is -0.114. The second-order valence-corrected chi connectivity index (χ2v) is 5.64. The zero-order chi connectivity index (χ0) is 17.7. The molecule has 0 aliphatic heterocycles. The van der Waals surface area contributed by atoms with Crippen molar-refractivity contribution in [3.05, 3.63) is 63.6 Å². The maximum absolute atomic E-state index is 12.1. The summed E-state index contributed by atoms with van der Waals surface area (Å²) in [7, 11) is 0. The molecule has 0 aliphatic carbocycles. The van der Waals surface area contributed by atoms with Gasteiger partial charge in [0.2, 0.25) is 5.91 Å². The molecular formula is C16H13Cl2N3O3. The third-order valence-electron chi connectivity index (χ3n) is 2.91. The Hall–Kier alpha value is -2.57. The quantitative estimate of drug-likeness (QED) is 0.730. The molecule has 0 atom stereocenters. The summed E-state index contributed by atoms with van der Waals surface area (Å²) in [5.74, 6) is -1.40. The number of rotatable bonds is 3. The van der Waals surface area contributed by atoms with Gasteiger partial charge in [-0.3, -0.25) is 25.2 Å². The molecule has 3 N–H and O–H groups in total. The van der Waals surface area contributed by atoms with Gasteiger partial charge in [-0.2, -0.15) is 0 Å². The molecular weight excluding hydrogens is 353 g/mol. The molecule has 0 heterocycles. The Balaban J connectivity index is 2.04. The van der Waals surface area contributed by atoms with Crippen LogP contribution in [0, 0.1) is 0 Å². The Morgan fingerprint density at radius 2 is 1.62 bits per heavy atom. The van der Waals surface area contributed by atoms with Gasteiger partial charge < -0.3 is 5.32 Å². The molecule has 0 radical (unpaired) electrons. The number of amides is 3. The average molecular weight is 366 g/mol. The van der Waals surface area contributed by atoms with E-state index < -0.39 is 11.8 Å². The summed E-state index contributed by atoms with van der Waals surface area (Å²) < 4.78 is 0.